The first-order valence-corrected chi connectivity index (χ1v) is 5.13. The van der Waals surface area contributed by atoms with E-state index in [1.165, 1.54) is 0 Å². The summed E-state index contributed by atoms with van der Waals surface area (Å²) in [5, 5.41) is 0. The topological polar surface area (TPSA) is 48.0 Å². The average Bonchev–Trinajstić information content (AvgIpc) is 2.50. The van der Waals surface area contributed by atoms with Crippen LogP contribution in [0.1, 0.15) is 20.3 Å². The van der Waals surface area contributed by atoms with E-state index in [-0.39, 0.29) is 5.76 Å². The van der Waals surface area contributed by atoms with Crippen LogP contribution in [-0.2, 0) is 6.54 Å². The van der Waals surface area contributed by atoms with Gasteiger partial charge in [-0.25, -0.2) is 9.78 Å². The lowest BCUT2D eigenvalue weighted by molar-refractivity contribution is 0.464. The molecule has 0 atom stereocenters. The molecule has 2 rings (SSSR count). The molecule has 0 bridgehead atoms. The second-order valence-electron chi connectivity index (χ2n) is 4.03. The summed E-state index contributed by atoms with van der Waals surface area (Å²) in [6.45, 7) is 4.92. The largest absolute Gasteiger partial charge is 0.421 e. The van der Waals surface area contributed by atoms with E-state index in [0.717, 1.165) is 6.42 Å². The fourth-order valence-electron chi connectivity index (χ4n) is 1.48. The molecule has 0 unspecified atom stereocenters. The van der Waals surface area contributed by atoms with E-state index in [2.05, 4.69) is 18.8 Å². The Balaban J connectivity index is 2.41. The molecule has 0 fully saturated rings. The summed E-state index contributed by atoms with van der Waals surface area (Å²) < 4.78 is 6.67. The minimum absolute atomic E-state index is 0.315. The van der Waals surface area contributed by atoms with Crippen LogP contribution in [0, 0.1) is 5.92 Å². The van der Waals surface area contributed by atoms with Crippen molar-refractivity contribution in [3.63, 3.8) is 0 Å². The van der Waals surface area contributed by atoms with Gasteiger partial charge in [-0.2, -0.15) is 0 Å². The Morgan fingerprint density at radius 1 is 1.53 bits per heavy atom. The van der Waals surface area contributed by atoms with E-state index in [1.54, 1.807) is 22.9 Å². The molecule has 4 heteroatoms. The Bertz CT molecular complexity index is 511. The summed E-state index contributed by atoms with van der Waals surface area (Å²) in [4.78, 5) is 15.7. The van der Waals surface area contributed by atoms with Gasteiger partial charge < -0.3 is 4.42 Å². The highest BCUT2D eigenvalue weighted by atomic mass is 16.4. The molecule has 4 nitrogen and oxygen atoms in total. The highest BCUT2D eigenvalue weighted by Gasteiger charge is 2.09. The number of fused-ring (bicyclic) bond motifs is 1. The molecule has 0 aliphatic rings. The SMILES string of the molecule is CC(C)CCn1c(=O)oc2cccnc21. The Hall–Kier alpha value is -1.58. The smallest absolute Gasteiger partial charge is 0.406 e. The summed E-state index contributed by atoms with van der Waals surface area (Å²) in [5.41, 5.74) is 1.20. The summed E-state index contributed by atoms with van der Waals surface area (Å²) in [5.74, 6) is 0.245. The molecule has 0 saturated carbocycles. The fraction of sp³-hybridized carbons (Fsp3) is 0.455. The van der Waals surface area contributed by atoms with Gasteiger partial charge >= 0.3 is 5.76 Å². The zero-order chi connectivity index (χ0) is 10.8. The fourth-order valence-corrected chi connectivity index (χ4v) is 1.48. The second-order valence-corrected chi connectivity index (χ2v) is 4.03. The molecule has 0 aromatic carbocycles. The third-order valence-corrected chi connectivity index (χ3v) is 2.35. The number of aromatic nitrogens is 2. The number of nitrogens with zero attached hydrogens (tertiary/aromatic N) is 2. The van der Waals surface area contributed by atoms with E-state index < -0.39 is 0 Å². The number of oxazole rings is 1. The first-order chi connectivity index (χ1) is 7.18. The first-order valence-electron chi connectivity index (χ1n) is 5.13. The number of aryl methyl sites for hydroxylation is 1. The molecule has 0 amide bonds. The summed E-state index contributed by atoms with van der Waals surface area (Å²) in [7, 11) is 0. The van der Waals surface area contributed by atoms with Gasteiger partial charge in [0.05, 0.1) is 0 Å². The Labute approximate surface area is 87.5 Å². The minimum Gasteiger partial charge on any atom is -0.406 e. The van der Waals surface area contributed by atoms with Gasteiger partial charge in [0, 0.05) is 12.7 Å². The Morgan fingerprint density at radius 2 is 2.33 bits per heavy atom. The molecule has 0 N–H and O–H groups in total. The lowest BCUT2D eigenvalue weighted by atomic mass is 10.1. The molecule has 15 heavy (non-hydrogen) atoms. The molecule has 80 valence electrons. The highest BCUT2D eigenvalue weighted by Crippen LogP contribution is 2.10. The second kappa shape index (κ2) is 3.88. The summed E-state index contributed by atoms with van der Waals surface area (Å²) >= 11 is 0. The van der Waals surface area contributed by atoms with E-state index >= 15 is 0 Å². The van der Waals surface area contributed by atoms with Crippen molar-refractivity contribution >= 4 is 11.2 Å². The predicted octanol–water partition coefficient (Wildman–Crippen LogP) is 2.04. The Morgan fingerprint density at radius 3 is 3.07 bits per heavy atom. The standard InChI is InChI=1S/C11H14N2O2/c1-8(2)5-7-13-10-9(15-11(13)14)4-3-6-12-10/h3-4,6,8H,5,7H2,1-2H3. The van der Waals surface area contributed by atoms with E-state index in [9.17, 15) is 4.79 Å². The van der Waals surface area contributed by atoms with Crippen molar-refractivity contribution in [1.29, 1.82) is 0 Å². The highest BCUT2D eigenvalue weighted by molar-refractivity contribution is 5.67. The van der Waals surface area contributed by atoms with Crippen LogP contribution in [0.4, 0.5) is 0 Å². The van der Waals surface area contributed by atoms with Gasteiger partial charge in [0.1, 0.15) is 0 Å². The van der Waals surface area contributed by atoms with Crippen molar-refractivity contribution < 1.29 is 4.42 Å². The third-order valence-electron chi connectivity index (χ3n) is 2.35. The van der Waals surface area contributed by atoms with Crippen LogP contribution in [0.2, 0.25) is 0 Å². The zero-order valence-corrected chi connectivity index (χ0v) is 8.93. The molecule has 0 spiro atoms. The van der Waals surface area contributed by atoms with Crippen LogP contribution in [0.15, 0.2) is 27.5 Å². The van der Waals surface area contributed by atoms with Gasteiger partial charge in [0.2, 0.25) is 0 Å². The predicted molar refractivity (Wildman–Crippen MR) is 57.7 cm³/mol. The quantitative estimate of drug-likeness (QED) is 0.772. The molecule has 0 aliphatic carbocycles. The maximum Gasteiger partial charge on any atom is 0.421 e. The van der Waals surface area contributed by atoms with Crippen molar-refractivity contribution in [3.05, 3.63) is 28.9 Å². The molecule has 0 saturated heterocycles. The monoisotopic (exact) mass is 206 g/mol. The van der Waals surface area contributed by atoms with Crippen molar-refractivity contribution in [3.8, 4) is 0 Å². The van der Waals surface area contributed by atoms with Crippen molar-refractivity contribution in [2.75, 3.05) is 0 Å². The van der Waals surface area contributed by atoms with E-state index in [4.69, 9.17) is 4.42 Å². The molecular formula is C11H14N2O2. The molecule has 2 aromatic heterocycles. The summed E-state index contributed by atoms with van der Waals surface area (Å²) in [6.07, 6.45) is 2.62. The molecule has 2 heterocycles. The normalized spacial score (nSPS) is 11.4. The lowest BCUT2D eigenvalue weighted by Crippen LogP contribution is -2.15. The van der Waals surface area contributed by atoms with Crippen LogP contribution in [0.25, 0.3) is 11.2 Å². The van der Waals surface area contributed by atoms with Crippen molar-refractivity contribution in [2.24, 2.45) is 5.92 Å². The van der Waals surface area contributed by atoms with Gasteiger partial charge in [-0.1, -0.05) is 13.8 Å². The molecule has 0 aliphatic heterocycles. The minimum atomic E-state index is -0.315. The van der Waals surface area contributed by atoms with Gasteiger partial charge in [-0.15, -0.1) is 0 Å². The van der Waals surface area contributed by atoms with Gasteiger partial charge in [0.25, 0.3) is 0 Å². The lowest BCUT2D eigenvalue weighted by Gasteiger charge is -2.03. The van der Waals surface area contributed by atoms with Crippen LogP contribution in [0.3, 0.4) is 0 Å². The molecule has 0 radical (unpaired) electrons. The van der Waals surface area contributed by atoms with Gasteiger partial charge in [0.15, 0.2) is 11.2 Å². The van der Waals surface area contributed by atoms with Crippen LogP contribution >= 0.6 is 0 Å². The number of hydrogen-bond acceptors (Lipinski definition) is 3. The van der Waals surface area contributed by atoms with Crippen LogP contribution in [0.5, 0.6) is 0 Å². The van der Waals surface area contributed by atoms with Crippen LogP contribution < -0.4 is 5.76 Å². The van der Waals surface area contributed by atoms with Gasteiger partial charge in [-0.3, -0.25) is 4.57 Å². The van der Waals surface area contributed by atoms with E-state index in [0.29, 0.717) is 23.7 Å². The molecular weight excluding hydrogens is 192 g/mol. The summed E-state index contributed by atoms with van der Waals surface area (Å²) in [6, 6.07) is 3.52. The maximum atomic E-state index is 11.5. The van der Waals surface area contributed by atoms with Crippen LogP contribution in [-0.4, -0.2) is 9.55 Å². The number of hydrogen-bond donors (Lipinski definition) is 0. The van der Waals surface area contributed by atoms with Crippen molar-refractivity contribution in [1.82, 2.24) is 9.55 Å². The average molecular weight is 206 g/mol. The third kappa shape index (κ3) is 1.93. The number of pyridine rings is 1. The van der Waals surface area contributed by atoms with E-state index in [1.807, 2.05) is 0 Å². The van der Waals surface area contributed by atoms with Crippen molar-refractivity contribution in [2.45, 2.75) is 26.8 Å². The first kappa shape index (κ1) is 9.96. The zero-order valence-electron chi connectivity index (χ0n) is 8.93. The maximum absolute atomic E-state index is 11.5. The Kier molecular flexibility index (Phi) is 2.58. The van der Waals surface area contributed by atoms with Gasteiger partial charge in [-0.05, 0) is 24.5 Å². The number of rotatable bonds is 3. The molecule has 2 aromatic rings.